The summed E-state index contributed by atoms with van der Waals surface area (Å²) in [4.78, 5) is 24.3. The average molecular weight is 264 g/mol. The van der Waals surface area contributed by atoms with Crippen molar-refractivity contribution in [1.29, 1.82) is 0 Å². The molecule has 5 N–H and O–H groups in total. The summed E-state index contributed by atoms with van der Waals surface area (Å²) in [5, 5.41) is 18.1. The van der Waals surface area contributed by atoms with Crippen LogP contribution in [0.2, 0.25) is 0 Å². The summed E-state index contributed by atoms with van der Waals surface area (Å²) in [6.07, 6.45) is 1.36. The first-order valence-electron chi connectivity index (χ1n) is 4.39. The second kappa shape index (κ2) is 6.03. The summed E-state index contributed by atoms with van der Waals surface area (Å²) >= 11 is 5.69. The number of amidine groups is 1. The van der Waals surface area contributed by atoms with Gasteiger partial charge >= 0.3 is 11.9 Å². The monoisotopic (exact) mass is 263 g/mol. The van der Waals surface area contributed by atoms with E-state index in [0.29, 0.717) is 0 Å². The molecule has 0 unspecified atom stereocenters. The van der Waals surface area contributed by atoms with E-state index in [9.17, 15) is 9.59 Å². The Morgan fingerprint density at radius 3 is 2.71 bits per heavy atom. The molecule has 0 saturated carbocycles. The van der Waals surface area contributed by atoms with Crippen molar-refractivity contribution >= 4 is 29.4 Å². The molecule has 0 aromatic rings. The van der Waals surface area contributed by atoms with Crippen molar-refractivity contribution in [2.45, 2.75) is 0 Å². The molecule has 1 aliphatic rings. The quantitative estimate of drug-likeness (QED) is 0.378. The van der Waals surface area contributed by atoms with Gasteiger partial charge in [-0.1, -0.05) is 16.8 Å². The number of carbonyl (C=O) groups is 2. The van der Waals surface area contributed by atoms with Gasteiger partial charge in [0.2, 0.25) is 0 Å². The van der Waals surface area contributed by atoms with Crippen molar-refractivity contribution in [3.05, 3.63) is 11.2 Å². The molecule has 9 nitrogen and oxygen atoms in total. The first-order chi connectivity index (χ1) is 7.97. The molecule has 94 valence electrons. The number of halogens is 1. The summed E-state index contributed by atoms with van der Waals surface area (Å²) in [6.45, 7) is -0.772. The summed E-state index contributed by atoms with van der Waals surface area (Å²) in [5.41, 5.74) is 7.53. The lowest BCUT2D eigenvalue weighted by Crippen LogP contribution is -2.60. The molecule has 0 atom stereocenters. The summed E-state index contributed by atoms with van der Waals surface area (Å²) in [7, 11) is 0. The molecule has 0 spiro atoms. The molecule has 17 heavy (non-hydrogen) atoms. The molecule has 1 aliphatic heterocycles. The Bertz CT molecular complexity index is 382. The Morgan fingerprint density at radius 2 is 2.12 bits per heavy atom. The lowest BCUT2D eigenvalue weighted by atomic mass is 10.5. The number of carboxylic acid groups (broad SMARTS) is 2. The van der Waals surface area contributed by atoms with E-state index >= 15 is 0 Å². The smallest absolute Gasteiger partial charge is 0.325 e. The number of carboxylic acids is 2. The number of aliphatic carboxylic acids is 2. The Labute approximate surface area is 101 Å². The fourth-order valence-corrected chi connectivity index (χ4v) is 1.08. The van der Waals surface area contributed by atoms with E-state index in [-0.39, 0.29) is 17.5 Å². The van der Waals surface area contributed by atoms with Crippen molar-refractivity contribution in [2.75, 3.05) is 13.1 Å². The first-order valence-corrected chi connectivity index (χ1v) is 4.77. The molecular weight excluding hydrogens is 254 g/mol. The predicted octanol–water partition coefficient (Wildman–Crippen LogP) is -1.54. The zero-order valence-corrected chi connectivity index (χ0v) is 9.23. The van der Waals surface area contributed by atoms with Gasteiger partial charge in [-0.3, -0.25) is 25.4 Å². The molecular formula is C7H10ClN5O4. The van der Waals surface area contributed by atoms with Crippen LogP contribution in [-0.4, -0.2) is 46.3 Å². The predicted molar refractivity (Wildman–Crippen MR) is 57.6 cm³/mol. The first kappa shape index (κ1) is 13.2. The van der Waals surface area contributed by atoms with Gasteiger partial charge in [0.25, 0.3) is 0 Å². The van der Waals surface area contributed by atoms with Gasteiger partial charge in [0.05, 0.1) is 0 Å². The van der Waals surface area contributed by atoms with Gasteiger partial charge < -0.3 is 10.2 Å². The SMILES string of the molecule is O=C(O)CN=C1C=C(Cl)NN(NCC(=O)O)N1. The van der Waals surface area contributed by atoms with Crippen molar-refractivity contribution < 1.29 is 19.8 Å². The van der Waals surface area contributed by atoms with Crippen LogP contribution < -0.4 is 16.3 Å². The molecule has 0 aliphatic carbocycles. The zero-order chi connectivity index (χ0) is 12.8. The van der Waals surface area contributed by atoms with Gasteiger partial charge in [-0.25, -0.2) is 5.43 Å². The van der Waals surface area contributed by atoms with Crippen LogP contribution in [0.5, 0.6) is 0 Å². The number of nitrogens with one attached hydrogen (secondary N) is 3. The van der Waals surface area contributed by atoms with Gasteiger partial charge in [-0.05, 0) is 0 Å². The fourth-order valence-electron chi connectivity index (χ4n) is 0.893. The highest BCUT2D eigenvalue weighted by molar-refractivity contribution is 6.31. The largest absolute Gasteiger partial charge is 0.480 e. The molecule has 0 amide bonds. The van der Waals surface area contributed by atoms with Crippen LogP contribution in [0.1, 0.15) is 0 Å². The van der Waals surface area contributed by atoms with Gasteiger partial charge in [0.15, 0.2) is 0 Å². The maximum atomic E-state index is 10.3. The van der Waals surface area contributed by atoms with Gasteiger partial charge in [0, 0.05) is 6.08 Å². The lowest BCUT2D eigenvalue weighted by molar-refractivity contribution is -0.137. The molecule has 0 radical (unpaired) electrons. The molecule has 0 aromatic heterocycles. The second-order valence-corrected chi connectivity index (χ2v) is 3.28. The van der Waals surface area contributed by atoms with Crippen LogP contribution in [0.3, 0.4) is 0 Å². The summed E-state index contributed by atoms with van der Waals surface area (Å²) < 4.78 is 0. The highest BCUT2D eigenvalue weighted by Gasteiger charge is 2.14. The normalized spacial score (nSPS) is 18.2. The minimum Gasteiger partial charge on any atom is -0.480 e. The molecule has 1 heterocycles. The van der Waals surface area contributed by atoms with E-state index in [2.05, 4.69) is 21.3 Å². The van der Waals surface area contributed by atoms with Crippen molar-refractivity contribution in [3.63, 3.8) is 0 Å². The maximum absolute atomic E-state index is 10.3. The van der Waals surface area contributed by atoms with E-state index in [1.165, 1.54) is 6.08 Å². The number of hydrogen-bond donors (Lipinski definition) is 5. The summed E-state index contributed by atoms with van der Waals surface area (Å²) in [5.74, 6) is -1.97. The van der Waals surface area contributed by atoms with Gasteiger partial charge in [-0.15, -0.1) is 0 Å². The topological polar surface area (TPSA) is 126 Å². The molecule has 10 heteroatoms. The van der Waals surface area contributed by atoms with Gasteiger partial charge in [0.1, 0.15) is 24.1 Å². The minimum atomic E-state index is -1.09. The number of hydrazine groups is 3. The van der Waals surface area contributed by atoms with Crippen LogP contribution in [-0.2, 0) is 9.59 Å². The van der Waals surface area contributed by atoms with Gasteiger partial charge in [-0.2, -0.15) is 0 Å². The lowest BCUT2D eigenvalue weighted by Gasteiger charge is -2.28. The molecule has 0 saturated heterocycles. The van der Waals surface area contributed by atoms with E-state index in [0.717, 1.165) is 5.23 Å². The third kappa shape index (κ3) is 5.15. The third-order valence-electron chi connectivity index (χ3n) is 1.48. The van der Waals surface area contributed by atoms with Crippen LogP contribution in [0.15, 0.2) is 16.2 Å². The van der Waals surface area contributed by atoms with Crippen LogP contribution in [0, 0.1) is 0 Å². The number of rotatable bonds is 5. The highest BCUT2D eigenvalue weighted by Crippen LogP contribution is 2.01. The highest BCUT2D eigenvalue weighted by atomic mass is 35.5. The van der Waals surface area contributed by atoms with E-state index in [4.69, 9.17) is 21.8 Å². The number of nitrogens with zero attached hydrogens (tertiary/aromatic N) is 2. The second-order valence-electron chi connectivity index (χ2n) is 2.88. The Morgan fingerprint density at radius 1 is 1.41 bits per heavy atom. The van der Waals surface area contributed by atoms with E-state index in [1.807, 2.05) is 0 Å². The molecule has 0 fully saturated rings. The standard InChI is InChI=1S/C7H10ClN5O4/c8-4-1-5(9-2-6(14)15)12-13(11-4)10-3-7(16)17/h1,10-11H,2-3H2,(H,9,12)(H,14,15)(H,16,17). The molecule has 0 aromatic carbocycles. The van der Waals surface area contributed by atoms with Crippen LogP contribution >= 0.6 is 11.6 Å². The van der Waals surface area contributed by atoms with E-state index in [1.54, 1.807) is 0 Å². The van der Waals surface area contributed by atoms with Crippen molar-refractivity contribution in [2.24, 2.45) is 4.99 Å². The molecule has 1 rings (SSSR count). The average Bonchev–Trinajstić information content (AvgIpc) is 2.23. The van der Waals surface area contributed by atoms with E-state index < -0.39 is 18.5 Å². The third-order valence-corrected chi connectivity index (χ3v) is 1.68. The number of aliphatic imine (C=N–C) groups is 1. The fraction of sp³-hybridized carbons (Fsp3) is 0.286. The Kier molecular flexibility index (Phi) is 4.69. The zero-order valence-electron chi connectivity index (χ0n) is 8.47. The maximum Gasteiger partial charge on any atom is 0.325 e. The Balaban J connectivity index is 2.57. The van der Waals surface area contributed by atoms with Crippen molar-refractivity contribution in [3.8, 4) is 0 Å². The Hall–Kier alpha value is -1.84. The van der Waals surface area contributed by atoms with Crippen LogP contribution in [0.25, 0.3) is 0 Å². The molecule has 0 bridgehead atoms. The van der Waals surface area contributed by atoms with Crippen LogP contribution in [0.4, 0.5) is 0 Å². The number of hydrogen-bond acceptors (Lipinski definition) is 6. The van der Waals surface area contributed by atoms with Crippen molar-refractivity contribution in [1.82, 2.24) is 21.5 Å². The summed E-state index contributed by atoms with van der Waals surface area (Å²) in [6, 6.07) is 0. The minimum absolute atomic E-state index is 0.158.